The van der Waals surface area contributed by atoms with Gasteiger partial charge in [-0.15, -0.1) is 11.3 Å². The molecule has 0 aliphatic rings. The summed E-state index contributed by atoms with van der Waals surface area (Å²) in [7, 11) is 1.31. The third-order valence-electron chi connectivity index (χ3n) is 4.57. The molecule has 0 bridgehead atoms. The van der Waals surface area contributed by atoms with Gasteiger partial charge in [0.15, 0.2) is 0 Å². The first-order chi connectivity index (χ1) is 13.4. The van der Waals surface area contributed by atoms with Crippen molar-refractivity contribution >= 4 is 33.2 Å². The molecule has 1 atom stereocenters. The van der Waals surface area contributed by atoms with E-state index in [1.54, 1.807) is 30.1 Å². The number of imidazole rings is 1. The molecule has 3 aromatic rings. The van der Waals surface area contributed by atoms with Crippen LogP contribution >= 0.6 is 27.3 Å². The second-order valence-electron chi connectivity index (χ2n) is 6.34. The second kappa shape index (κ2) is 8.74. The number of thiophene rings is 1. The summed E-state index contributed by atoms with van der Waals surface area (Å²) in [5, 5.41) is 10.6. The van der Waals surface area contributed by atoms with Gasteiger partial charge in [0, 0.05) is 41.3 Å². The Morgan fingerprint density at radius 3 is 2.86 bits per heavy atom. The van der Waals surface area contributed by atoms with Crippen molar-refractivity contribution in [2.24, 2.45) is 0 Å². The number of esters is 1. The van der Waals surface area contributed by atoms with E-state index < -0.39 is 11.9 Å². The molecule has 3 aromatic heterocycles. The summed E-state index contributed by atoms with van der Waals surface area (Å²) >= 11 is 4.83. The molecule has 0 aromatic carbocycles. The van der Waals surface area contributed by atoms with Gasteiger partial charge in [0.05, 0.1) is 29.2 Å². The molecule has 0 aliphatic carbocycles. The number of aryl methyl sites for hydroxylation is 2. The van der Waals surface area contributed by atoms with Crippen LogP contribution in [-0.4, -0.2) is 32.7 Å². The molecule has 2 N–H and O–H groups in total. The third-order valence-corrected chi connectivity index (χ3v) is 6.30. The van der Waals surface area contributed by atoms with E-state index in [9.17, 15) is 14.7 Å². The Kier molecular flexibility index (Phi) is 6.35. The molecule has 0 radical (unpaired) electrons. The van der Waals surface area contributed by atoms with E-state index in [-0.39, 0.29) is 23.3 Å². The molecule has 148 valence electrons. The van der Waals surface area contributed by atoms with E-state index in [4.69, 9.17) is 4.74 Å². The summed E-state index contributed by atoms with van der Waals surface area (Å²) in [6, 6.07) is 5.26. The predicted octanol–water partition coefficient (Wildman–Crippen LogP) is 3.35. The lowest BCUT2D eigenvalue weighted by Crippen LogP contribution is -2.29. The van der Waals surface area contributed by atoms with E-state index in [0.29, 0.717) is 18.7 Å². The Balaban J connectivity index is 2.05. The monoisotopic (exact) mass is 465 g/mol. The Morgan fingerprint density at radius 1 is 1.46 bits per heavy atom. The maximum absolute atomic E-state index is 13.3. The molecule has 0 fully saturated rings. The lowest BCUT2D eigenvalue weighted by Gasteiger charge is -2.19. The number of pyridine rings is 1. The highest BCUT2D eigenvalue weighted by molar-refractivity contribution is 9.11. The van der Waals surface area contributed by atoms with Crippen LogP contribution < -0.4 is 5.56 Å². The highest BCUT2D eigenvalue weighted by Crippen LogP contribution is 2.37. The molecule has 0 saturated heterocycles. The predicted molar refractivity (Wildman–Crippen MR) is 110 cm³/mol. The van der Waals surface area contributed by atoms with Gasteiger partial charge in [-0.1, -0.05) is 0 Å². The average Bonchev–Trinajstić information content (AvgIpc) is 3.31. The summed E-state index contributed by atoms with van der Waals surface area (Å²) in [4.78, 5) is 33.1. The molecular weight excluding hydrogens is 446 g/mol. The summed E-state index contributed by atoms with van der Waals surface area (Å²) in [5.41, 5.74) is 1.45. The Hall–Kier alpha value is -2.39. The van der Waals surface area contributed by atoms with Crippen molar-refractivity contribution in [3.8, 4) is 5.75 Å². The molecule has 3 heterocycles. The van der Waals surface area contributed by atoms with Crippen LogP contribution in [0.15, 0.2) is 39.3 Å². The molecule has 0 unspecified atom stereocenters. The van der Waals surface area contributed by atoms with Crippen molar-refractivity contribution in [3.63, 3.8) is 0 Å². The van der Waals surface area contributed by atoms with Crippen molar-refractivity contribution < 1.29 is 14.6 Å². The van der Waals surface area contributed by atoms with Crippen LogP contribution in [0.2, 0.25) is 0 Å². The van der Waals surface area contributed by atoms with Crippen molar-refractivity contribution in [1.29, 1.82) is 0 Å². The molecule has 3 rings (SSSR count). The number of halogens is 1. The highest BCUT2D eigenvalue weighted by atomic mass is 79.9. The number of hydrogen-bond acceptors (Lipinski definition) is 6. The van der Waals surface area contributed by atoms with Gasteiger partial charge in [0.25, 0.3) is 5.56 Å². The Labute approximate surface area is 174 Å². The minimum atomic E-state index is -0.588. The van der Waals surface area contributed by atoms with Gasteiger partial charge in [0.1, 0.15) is 5.75 Å². The summed E-state index contributed by atoms with van der Waals surface area (Å²) in [6.07, 6.45) is 3.87. The Morgan fingerprint density at radius 2 is 2.25 bits per heavy atom. The number of aromatic hydroxyl groups is 1. The quantitative estimate of drug-likeness (QED) is 0.521. The standard InChI is InChI=1S/C19H20BrN3O4S/c1-11-7-14(24)18(19(26)23(11)6-5-12-9-21-10-22-12)13(8-17(25)27-2)15-3-4-16(20)28-15/h3-4,7,9-10,13,24H,5-6,8H2,1-2H3,(H,21,22)/t13-/m1/s1. The van der Waals surface area contributed by atoms with E-state index in [1.165, 1.54) is 18.4 Å². The first-order valence-corrected chi connectivity index (χ1v) is 10.2. The van der Waals surface area contributed by atoms with Gasteiger partial charge in [-0.05, 0) is 41.1 Å². The zero-order chi connectivity index (χ0) is 20.3. The van der Waals surface area contributed by atoms with E-state index in [0.717, 1.165) is 14.4 Å². The maximum Gasteiger partial charge on any atom is 0.306 e. The normalized spacial score (nSPS) is 12.1. The van der Waals surface area contributed by atoms with Crippen LogP contribution in [0.1, 0.15) is 34.2 Å². The van der Waals surface area contributed by atoms with Gasteiger partial charge in [-0.3, -0.25) is 9.59 Å². The average molecular weight is 466 g/mol. The summed E-state index contributed by atoms with van der Waals surface area (Å²) in [6.45, 7) is 2.20. The van der Waals surface area contributed by atoms with Crippen LogP contribution in [0.3, 0.4) is 0 Å². The number of hydrogen-bond donors (Lipinski definition) is 2. The number of carbonyl (C=O) groups is 1. The van der Waals surface area contributed by atoms with Crippen molar-refractivity contribution in [1.82, 2.24) is 14.5 Å². The molecule has 0 aliphatic heterocycles. The van der Waals surface area contributed by atoms with Crippen molar-refractivity contribution in [2.45, 2.75) is 32.2 Å². The van der Waals surface area contributed by atoms with Crippen LogP contribution in [0, 0.1) is 6.92 Å². The topological polar surface area (TPSA) is 97.2 Å². The fourth-order valence-corrected chi connectivity index (χ4v) is 4.67. The van der Waals surface area contributed by atoms with E-state index >= 15 is 0 Å². The summed E-state index contributed by atoms with van der Waals surface area (Å²) in [5.74, 6) is -1.15. The fraction of sp³-hybridized carbons (Fsp3) is 0.316. The van der Waals surface area contributed by atoms with Crippen molar-refractivity contribution in [2.75, 3.05) is 7.11 Å². The number of aromatic amines is 1. The van der Waals surface area contributed by atoms with Gasteiger partial charge in [-0.2, -0.15) is 0 Å². The number of carbonyl (C=O) groups excluding carboxylic acids is 1. The summed E-state index contributed by atoms with van der Waals surface area (Å²) < 4.78 is 7.31. The second-order valence-corrected chi connectivity index (χ2v) is 8.84. The number of rotatable bonds is 7. The van der Waals surface area contributed by atoms with Crippen LogP contribution in [0.25, 0.3) is 0 Å². The van der Waals surface area contributed by atoms with Crippen molar-refractivity contribution in [3.05, 3.63) is 66.7 Å². The number of ether oxygens (including phenoxy) is 1. The fourth-order valence-electron chi connectivity index (χ4n) is 3.14. The maximum atomic E-state index is 13.3. The minimum Gasteiger partial charge on any atom is -0.507 e. The largest absolute Gasteiger partial charge is 0.507 e. The molecular formula is C19H20BrN3O4S. The lowest BCUT2D eigenvalue weighted by atomic mass is 9.94. The van der Waals surface area contributed by atoms with Crippen LogP contribution in [0.4, 0.5) is 0 Å². The number of nitrogens with one attached hydrogen (secondary N) is 1. The molecule has 28 heavy (non-hydrogen) atoms. The first kappa shape index (κ1) is 20.3. The molecule has 7 nitrogen and oxygen atoms in total. The number of H-pyrrole nitrogens is 1. The third kappa shape index (κ3) is 4.36. The van der Waals surface area contributed by atoms with E-state index in [2.05, 4.69) is 25.9 Å². The number of methoxy groups -OCH3 is 1. The van der Waals surface area contributed by atoms with Gasteiger partial charge in [-0.25, -0.2) is 4.98 Å². The molecule has 0 saturated carbocycles. The molecule has 9 heteroatoms. The van der Waals surface area contributed by atoms with Crippen LogP contribution in [-0.2, 0) is 22.5 Å². The van der Waals surface area contributed by atoms with Crippen LogP contribution in [0.5, 0.6) is 5.75 Å². The Bertz CT molecular complexity index is 1030. The van der Waals surface area contributed by atoms with Gasteiger partial charge >= 0.3 is 5.97 Å². The number of aromatic nitrogens is 3. The van der Waals surface area contributed by atoms with Gasteiger partial charge < -0.3 is 19.4 Å². The molecule has 0 amide bonds. The van der Waals surface area contributed by atoms with Gasteiger partial charge in [0.2, 0.25) is 0 Å². The first-order valence-electron chi connectivity index (χ1n) is 8.63. The SMILES string of the molecule is COC(=O)C[C@H](c1ccc(Br)s1)c1c(O)cc(C)n(CCc2cnc[nH]2)c1=O. The zero-order valence-electron chi connectivity index (χ0n) is 15.4. The lowest BCUT2D eigenvalue weighted by molar-refractivity contribution is -0.140. The minimum absolute atomic E-state index is 0.0319. The molecule has 0 spiro atoms. The zero-order valence-corrected chi connectivity index (χ0v) is 17.8. The smallest absolute Gasteiger partial charge is 0.306 e. The van der Waals surface area contributed by atoms with E-state index in [1.807, 2.05) is 12.1 Å². The highest BCUT2D eigenvalue weighted by Gasteiger charge is 2.27. The number of nitrogens with zero attached hydrogens (tertiary/aromatic N) is 2.